The molecule has 0 aromatic heterocycles. The Hall–Kier alpha value is -1.88. The highest BCUT2D eigenvalue weighted by atomic mass is 16.5. The lowest BCUT2D eigenvalue weighted by Crippen LogP contribution is -2.43. The summed E-state index contributed by atoms with van der Waals surface area (Å²) in [5, 5.41) is 3.19. The Kier molecular flexibility index (Phi) is 8.10. The molecular weight excluding hydrogens is 328 g/mol. The summed E-state index contributed by atoms with van der Waals surface area (Å²) in [6, 6.07) is 10.2. The summed E-state index contributed by atoms with van der Waals surface area (Å²) in [5.41, 5.74) is 1.15. The number of carbonyl (C=O) groups excluding carboxylic acids is 2. The van der Waals surface area contributed by atoms with Crippen molar-refractivity contribution in [1.82, 2.24) is 10.2 Å². The van der Waals surface area contributed by atoms with Crippen molar-refractivity contribution >= 4 is 11.9 Å². The van der Waals surface area contributed by atoms with Gasteiger partial charge in [0.15, 0.2) is 0 Å². The maximum Gasteiger partial charge on any atom is 0.309 e. The molecule has 1 heterocycles. The fourth-order valence-corrected chi connectivity index (χ4v) is 3.47. The van der Waals surface area contributed by atoms with Gasteiger partial charge in [-0.25, -0.2) is 0 Å². The standard InChI is InChI=1S/C21H32N2O3/c1-4-26-21(25)18-10-12-23(13-11-18)15-20(24)22-19(14-16(2)3)17-8-6-5-7-9-17/h5-9,16,18-19H,4,10-15H2,1-3H3,(H,22,24)/t19-/m0/s1. The fourth-order valence-electron chi connectivity index (χ4n) is 3.47. The van der Waals surface area contributed by atoms with Crippen molar-refractivity contribution in [2.24, 2.45) is 11.8 Å². The Morgan fingerprint density at radius 1 is 1.19 bits per heavy atom. The number of esters is 1. The summed E-state index contributed by atoms with van der Waals surface area (Å²) in [6.07, 6.45) is 2.45. The molecule has 1 aromatic rings. The van der Waals surface area contributed by atoms with Crippen LogP contribution in [0.2, 0.25) is 0 Å². The van der Waals surface area contributed by atoms with E-state index in [4.69, 9.17) is 4.74 Å². The molecule has 1 aliphatic heterocycles. The van der Waals surface area contributed by atoms with Crippen molar-refractivity contribution in [3.05, 3.63) is 35.9 Å². The third-order valence-corrected chi connectivity index (χ3v) is 4.82. The topological polar surface area (TPSA) is 58.6 Å². The molecule has 26 heavy (non-hydrogen) atoms. The van der Waals surface area contributed by atoms with Crippen molar-refractivity contribution in [2.45, 2.75) is 46.1 Å². The zero-order valence-electron chi connectivity index (χ0n) is 16.2. The number of amides is 1. The number of benzene rings is 1. The second-order valence-corrected chi connectivity index (χ2v) is 7.46. The van der Waals surface area contributed by atoms with Gasteiger partial charge in [-0.15, -0.1) is 0 Å². The minimum absolute atomic E-state index is 0.0210. The summed E-state index contributed by atoms with van der Waals surface area (Å²) in [7, 11) is 0. The Balaban J connectivity index is 1.84. The van der Waals surface area contributed by atoms with Gasteiger partial charge in [-0.05, 0) is 50.8 Å². The molecule has 1 amide bonds. The largest absolute Gasteiger partial charge is 0.466 e. The molecule has 144 valence electrons. The predicted octanol–water partition coefficient (Wildman–Crippen LogP) is 3.17. The van der Waals surface area contributed by atoms with Gasteiger partial charge in [-0.3, -0.25) is 14.5 Å². The van der Waals surface area contributed by atoms with Gasteiger partial charge in [-0.2, -0.15) is 0 Å². The number of hydrogen-bond donors (Lipinski definition) is 1. The monoisotopic (exact) mass is 360 g/mol. The number of rotatable bonds is 8. The molecular formula is C21H32N2O3. The second-order valence-electron chi connectivity index (χ2n) is 7.46. The first-order valence-electron chi connectivity index (χ1n) is 9.72. The minimum Gasteiger partial charge on any atom is -0.466 e. The van der Waals surface area contributed by atoms with Crippen LogP contribution >= 0.6 is 0 Å². The third kappa shape index (κ3) is 6.45. The van der Waals surface area contributed by atoms with Crippen LogP contribution in [0.1, 0.15) is 51.6 Å². The summed E-state index contributed by atoms with van der Waals surface area (Å²) in [6.45, 7) is 8.51. The fraction of sp³-hybridized carbons (Fsp3) is 0.619. The average molecular weight is 360 g/mol. The van der Waals surface area contributed by atoms with Crippen LogP contribution in [-0.2, 0) is 14.3 Å². The van der Waals surface area contributed by atoms with Gasteiger partial charge >= 0.3 is 5.97 Å². The van der Waals surface area contributed by atoms with Crippen LogP contribution < -0.4 is 5.32 Å². The maximum atomic E-state index is 12.5. The molecule has 0 spiro atoms. The van der Waals surface area contributed by atoms with Crippen molar-refractivity contribution in [1.29, 1.82) is 0 Å². The van der Waals surface area contributed by atoms with Crippen LogP contribution in [-0.4, -0.2) is 43.0 Å². The van der Waals surface area contributed by atoms with Gasteiger partial charge in [0.1, 0.15) is 0 Å². The molecule has 5 heteroatoms. The van der Waals surface area contributed by atoms with Crippen molar-refractivity contribution in [2.75, 3.05) is 26.2 Å². The van der Waals surface area contributed by atoms with E-state index in [9.17, 15) is 9.59 Å². The average Bonchev–Trinajstić information content (AvgIpc) is 2.62. The number of hydrogen-bond acceptors (Lipinski definition) is 4. The smallest absolute Gasteiger partial charge is 0.309 e. The van der Waals surface area contributed by atoms with Crippen LogP contribution in [0, 0.1) is 11.8 Å². The first-order chi connectivity index (χ1) is 12.5. The molecule has 0 radical (unpaired) electrons. The van der Waals surface area contributed by atoms with Crippen LogP contribution in [0.4, 0.5) is 0 Å². The Morgan fingerprint density at radius 3 is 2.42 bits per heavy atom. The lowest BCUT2D eigenvalue weighted by Gasteiger charge is -2.31. The van der Waals surface area contributed by atoms with E-state index in [0.29, 0.717) is 19.1 Å². The van der Waals surface area contributed by atoms with Gasteiger partial charge < -0.3 is 10.1 Å². The van der Waals surface area contributed by atoms with E-state index in [1.165, 1.54) is 0 Å². The van der Waals surface area contributed by atoms with E-state index in [2.05, 4.69) is 36.2 Å². The predicted molar refractivity (Wildman–Crippen MR) is 103 cm³/mol. The van der Waals surface area contributed by atoms with Gasteiger partial charge in [0.05, 0.1) is 25.1 Å². The van der Waals surface area contributed by atoms with Crippen LogP contribution in [0.3, 0.4) is 0 Å². The van der Waals surface area contributed by atoms with E-state index < -0.39 is 0 Å². The second kappa shape index (κ2) is 10.3. The summed E-state index contributed by atoms with van der Waals surface area (Å²) < 4.78 is 5.10. The van der Waals surface area contributed by atoms with E-state index in [1.807, 2.05) is 25.1 Å². The highest BCUT2D eigenvalue weighted by molar-refractivity contribution is 5.78. The molecule has 1 N–H and O–H groups in total. The first kappa shape index (κ1) is 20.4. The Morgan fingerprint density at radius 2 is 1.85 bits per heavy atom. The zero-order valence-corrected chi connectivity index (χ0v) is 16.2. The number of nitrogens with one attached hydrogen (secondary N) is 1. The van der Waals surface area contributed by atoms with E-state index >= 15 is 0 Å². The SMILES string of the molecule is CCOC(=O)C1CCN(CC(=O)N[C@@H](CC(C)C)c2ccccc2)CC1. The molecule has 1 aromatic carbocycles. The summed E-state index contributed by atoms with van der Waals surface area (Å²) >= 11 is 0. The van der Waals surface area contributed by atoms with Crippen LogP contribution in [0.25, 0.3) is 0 Å². The van der Waals surface area contributed by atoms with Gasteiger partial charge in [0.2, 0.25) is 5.91 Å². The zero-order chi connectivity index (χ0) is 18.9. The highest BCUT2D eigenvalue weighted by Gasteiger charge is 2.27. The number of likely N-dealkylation sites (tertiary alicyclic amines) is 1. The van der Waals surface area contributed by atoms with Crippen molar-refractivity contribution in [3.63, 3.8) is 0 Å². The minimum atomic E-state index is -0.0994. The van der Waals surface area contributed by atoms with Crippen molar-refractivity contribution < 1.29 is 14.3 Å². The Labute approximate surface area is 157 Å². The number of nitrogens with zero attached hydrogens (tertiary/aromatic N) is 1. The molecule has 5 nitrogen and oxygen atoms in total. The Bertz CT molecular complexity index is 566. The molecule has 1 fully saturated rings. The van der Waals surface area contributed by atoms with E-state index in [-0.39, 0.29) is 23.8 Å². The van der Waals surface area contributed by atoms with E-state index in [1.54, 1.807) is 0 Å². The van der Waals surface area contributed by atoms with Crippen LogP contribution in [0.15, 0.2) is 30.3 Å². The number of ether oxygens (including phenoxy) is 1. The van der Waals surface area contributed by atoms with E-state index in [0.717, 1.165) is 37.9 Å². The molecule has 0 unspecified atom stereocenters. The highest BCUT2D eigenvalue weighted by Crippen LogP contribution is 2.22. The normalized spacial score (nSPS) is 17.1. The molecule has 1 atom stereocenters. The quantitative estimate of drug-likeness (QED) is 0.724. The molecule has 0 saturated carbocycles. The lowest BCUT2D eigenvalue weighted by atomic mass is 9.96. The summed E-state index contributed by atoms with van der Waals surface area (Å²) in [5.74, 6) is 0.430. The van der Waals surface area contributed by atoms with Gasteiger partial charge in [-0.1, -0.05) is 44.2 Å². The molecule has 0 bridgehead atoms. The van der Waals surface area contributed by atoms with Crippen molar-refractivity contribution in [3.8, 4) is 0 Å². The number of piperidine rings is 1. The molecule has 1 aliphatic rings. The number of carbonyl (C=O) groups is 2. The third-order valence-electron chi connectivity index (χ3n) is 4.82. The first-order valence-corrected chi connectivity index (χ1v) is 9.72. The van der Waals surface area contributed by atoms with Gasteiger partial charge in [0, 0.05) is 0 Å². The molecule has 0 aliphatic carbocycles. The molecule has 1 saturated heterocycles. The molecule has 2 rings (SSSR count). The lowest BCUT2D eigenvalue weighted by molar-refractivity contribution is -0.149. The van der Waals surface area contributed by atoms with Gasteiger partial charge in [0.25, 0.3) is 0 Å². The summed E-state index contributed by atoms with van der Waals surface area (Å²) in [4.78, 5) is 26.5. The maximum absolute atomic E-state index is 12.5. The van der Waals surface area contributed by atoms with Crippen LogP contribution in [0.5, 0.6) is 0 Å².